The first kappa shape index (κ1) is 13.9. The Morgan fingerprint density at radius 3 is 2.60 bits per heavy atom. The van der Waals surface area contributed by atoms with Crippen LogP contribution in [0.5, 0.6) is 11.5 Å². The van der Waals surface area contributed by atoms with Crippen LogP contribution in [0.25, 0.3) is 0 Å². The number of aromatic nitrogens is 1. The third-order valence-electron chi connectivity index (χ3n) is 2.64. The largest absolute Gasteiger partial charge is 0.490 e. The molecule has 0 aliphatic carbocycles. The number of pyridine rings is 1. The second-order valence-corrected chi connectivity index (χ2v) is 4.25. The van der Waals surface area contributed by atoms with Crippen LogP contribution in [0.1, 0.15) is 24.6 Å². The van der Waals surface area contributed by atoms with E-state index in [1.165, 1.54) is 0 Å². The van der Waals surface area contributed by atoms with Gasteiger partial charge in [0.05, 0.1) is 6.61 Å². The van der Waals surface area contributed by atoms with Crippen molar-refractivity contribution < 1.29 is 9.47 Å². The normalized spacial score (nSPS) is 9.80. The maximum Gasteiger partial charge on any atom is 0.161 e. The maximum atomic E-state index is 8.82. The molecule has 0 aliphatic rings. The molecular weight excluding hydrogens is 252 g/mol. The quantitative estimate of drug-likeness (QED) is 0.806. The van der Waals surface area contributed by atoms with Gasteiger partial charge in [-0.25, -0.2) is 4.98 Å². The molecule has 102 valence electrons. The first-order valence-corrected chi connectivity index (χ1v) is 6.53. The molecule has 0 fully saturated rings. The van der Waals surface area contributed by atoms with Gasteiger partial charge in [0.15, 0.2) is 11.5 Å². The van der Waals surface area contributed by atoms with Gasteiger partial charge < -0.3 is 9.47 Å². The van der Waals surface area contributed by atoms with Crippen LogP contribution < -0.4 is 9.47 Å². The van der Waals surface area contributed by atoms with E-state index in [-0.39, 0.29) is 0 Å². The van der Waals surface area contributed by atoms with Gasteiger partial charge in [-0.3, -0.25) is 0 Å². The highest BCUT2D eigenvalue weighted by atomic mass is 16.5. The van der Waals surface area contributed by atoms with Crippen LogP contribution >= 0.6 is 0 Å². The minimum atomic E-state index is 0.379. The van der Waals surface area contributed by atoms with Crippen LogP contribution in [-0.4, -0.2) is 11.6 Å². The van der Waals surface area contributed by atoms with Crippen LogP contribution in [-0.2, 0) is 6.61 Å². The summed E-state index contributed by atoms with van der Waals surface area (Å²) in [4.78, 5) is 3.93. The number of nitriles is 1. The molecule has 4 heteroatoms. The van der Waals surface area contributed by atoms with E-state index in [1.54, 1.807) is 12.3 Å². The van der Waals surface area contributed by atoms with Crippen molar-refractivity contribution in [3.8, 4) is 17.6 Å². The summed E-state index contributed by atoms with van der Waals surface area (Å²) < 4.78 is 11.4. The lowest BCUT2D eigenvalue weighted by Crippen LogP contribution is -2.01. The summed E-state index contributed by atoms with van der Waals surface area (Å²) in [5.74, 6) is 1.44. The van der Waals surface area contributed by atoms with E-state index in [4.69, 9.17) is 14.7 Å². The molecule has 20 heavy (non-hydrogen) atoms. The Balaban J connectivity index is 2.05. The smallest absolute Gasteiger partial charge is 0.161 e. The van der Waals surface area contributed by atoms with Gasteiger partial charge in [-0.2, -0.15) is 5.26 Å². The zero-order chi connectivity index (χ0) is 14.2. The number of ether oxygens (including phenoxy) is 2. The monoisotopic (exact) mass is 268 g/mol. The predicted molar refractivity (Wildman–Crippen MR) is 75.5 cm³/mol. The van der Waals surface area contributed by atoms with E-state index in [9.17, 15) is 0 Å². The molecule has 0 bridgehead atoms. The van der Waals surface area contributed by atoms with Crippen LogP contribution in [0.15, 0.2) is 42.6 Å². The number of benzene rings is 1. The number of hydrogen-bond donors (Lipinski definition) is 0. The third-order valence-corrected chi connectivity index (χ3v) is 2.64. The van der Waals surface area contributed by atoms with Gasteiger partial charge in [-0.05, 0) is 36.2 Å². The first-order chi connectivity index (χ1) is 9.83. The van der Waals surface area contributed by atoms with Crippen molar-refractivity contribution in [3.05, 3.63) is 53.9 Å². The van der Waals surface area contributed by atoms with E-state index in [0.29, 0.717) is 24.7 Å². The van der Waals surface area contributed by atoms with Crippen molar-refractivity contribution in [2.45, 2.75) is 20.0 Å². The minimum Gasteiger partial charge on any atom is -0.490 e. The molecule has 0 amide bonds. The first-order valence-electron chi connectivity index (χ1n) is 6.53. The van der Waals surface area contributed by atoms with Gasteiger partial charge in [-0.1, -0.05) is 19.1 Å². The zero-order valence-corrected chi connectivity index (χ0v) is 11.4. The maximum absolute atomic E-state index is 8.82. The summed E-state index contributed by atoms with van der Waals surface area (Å²) >= 11 is 0. The highest BCUT2D eigenvalue weighted by Gasteiger charge is 2.04. The summed E-state index contributed by atoms with van der Waals surface area (Å²) in [5.41, 5.74) is 1.29. The Morgan fingerprint density at radius 2 is 1.90 bits per heavy atom. The molecule has 1 aromatic heterocycles. The van der Waals surface area contributed by atoms with Gasteiger partial charge in [0, 0.05) is 6.20 Å². The van der Waals surface area contributed by atoms with Crippen LogP contribution in [0.4, 0.5) is 0 Å². The lowest BCUT2D eigenvalue weighted by molar-refractivity contribution is 0.262. The molecule has 0 unspecified atom stereocenters. The summed E-state index contributed by atoms with van der Waals surface area (Å²) in [6.45, 7) is 3.10. The molecule has 0 aliphatic heterocycles. The second kappa shape index (κ2) is 7.15. The molecule has 0 atom stereocenters. The summed E-state index contributed by atoms with van der Waals surface area (Å²) in [6.07, 6.45) is 2.56. The number of hydrogen-bond acceptors (Lipinski definition) is 4. The topological polar surface area (TPSA) is 55.1 Å². The predicted octanol–water partition coefficient (Wildman–Crippen LogP) is 3.32. The number of nitrogens with zero attached hydrogens (tertiary/aromatic N) is 2. The number of rotatable bonds is 6. The van der Waals surface area contributed by atoms with Gasteiger partial charge in [0.1, 0.15) is 18.4 Å². The summed E-state index contributed by atoms with van der Waals surface area (Å²) in [7, 11) is 0. The van der Waals surface area contributed by atoms with Gasteiger partial charge >= 0.3 is 0 Å². The number of para-hydroxylation sites is 2. The fourth-order valence-electron chi connectivity index (χ4n) is 1.69. The molecular formula is C16H16N2O2. The molecule has 0 saturated carbocycles. The average molecular weight is 268 g/mol. The molecule has 0 saturated heterocycles. The molecule has 1 heterocycles. The Bertz CT molecular complexity index is 605. The highest BCUT2D eigenvalue weighted by Crippen LogP contribution is 2.27. The van der Waals surface area contributed by atoms with Crippen LogP contribution in [0.2, 0.25) is 0 Å². The molecule has 0 spiro atoms. The Labute approximate surface area is 118 Å². The van der Waals surface area contributed by atoms with Gasteiger partial charge in [0.25, 0.3) is 0 Å². The second-order valence-electron chi connectivity index (χ2n) is 4.25. The van der Waals surface area contributed by atoms with E-state index >= 15 is 0 Å². The Kier molecular flexibility index (Phi) is 4.96. The molecule has 2 aromatic rings. The molecule has 4 nitrogen and oxygen atoms in total. The van der Waals surface area contributed by atoms with E-state index < -0.39 is 0 Å². The van der Waals surface area contributed by atoms with Crippen molar-refractivity contribution in [3.63, 3.8) is 0 Å². The van der Waals surface area contributed by atoms with Crippen LogP contribution in [0.3, 0.4) is 0 Å². The molecule has 0 radical (unpaired) electrons. The van der Waals surface area contributed by atoms with Crippen molar-refractivity contribution >= 4 is 0 Å². The van der Waals surface area contributed by atoms with E-state index in [0.717, 1.165) is 17.7 Å². The molecule has 1 aromatic carbocycles. The van der Waals surface area contributed by atoms with Gasteiger partial charge in [0.2, 0.25) is 0 Å². The highest BCUT2D eigenvalue weighted by molar-refractivity contribution is 5.39. The van der Waals surface area contributed by atoms with Gasteiger partial charge in [-0.15, -0.1) is 0 Å². The van der Waals surface area contributed by atoms with Crippen molar-refractivity contribution in [2.75, 3.05) is 6.61 Å². The fraction of sp³-hybridized carbons (Fsp3) is 0.250. The summed E-state index contributed by atoms with van der Waals surface area (Å²) in [5, 5.41) is 8.82. The minimum absolute atomic E-state index is 0.379. The van der Waals surface area contributed by atoms with Crippen molar-refractivity contribution in [1.29, 1.82) is 5.26 Å². The van der Waals surface area contributed by atoms with E-state index in [2.05, 4.69) is 11.9 Å². The third kappa shape index (κ3) is 3.72. The van der Waals surface area contributed by atoms with Crippen molar-refractivity contribution in [2.24, 2.45) is 0 Å². The average Bonchev–Trinajstić information content (AvgIpc) is 2.52. The van der Waals surface area contributed by atoms with Crippen molar-refractivity contribution in [1.82, 2.24) is 4.98 Å². The lowest BCUT2D eigenvalue weighted by atomic mass is 10.2. The summed E-state index contributed by atoms with van der Waals surface area (Å²) in [6, 6.07) is 13.1. The standard InChI is InChI=1S/C16H16N2O2/c1-2-9-19-15-5-3-4-6-16(15)20-12-13-7-8-18-14(10-13)11-17/h3-8,10H,2,9,12H2,1H3. The Hall–Kier alpha value is -2.54. The SMILES string of the molecule is CCCOc1ccccc1OCc1ccnc(C#N)c1. The zero-order valence-electron chi connectivity index (χ0n) is 11.4. The lowest BCUT2D eigenvalue weighted by Gasteiger charge is -2.12. The van der Waals surface area contributed by atoms with Crippen LogP contribution in [0, 0.1) is 11.3 Å². The van der Waals surface area contributed by atoms with E-state index in [1.807, 2.05) is 36.4 Å². The Morgan fingerprint density at radius 1 is 1.15 bits per heavy atom. The molecule has 0 N–H and O–H groups in total. The fourth-order valence-corrected chi connectivity index (χ4v) is 1.69. The molecule has 2 rings (SSSR count).